The van der Waals surface area contributed by atoms with Crippen LogP contribution in [0.2, 0.25) is 0 Å². The van der Waals surface area contributed by atoms with E-state index in [-0.39, 0.29) is 11.9 Å². The summed E-state index contributed by atoms with van der Waals surface area (Å²) in [6, 6.07) is 7.76. The molecule has 28 heavy (non-hydrogen) atoms. The van der Waals surface area contributed by atoms with Crippen LogP contribution in [0.25, 0.3) is 5.65 Å². The molecule has 1 saturated heterocycles. The molecule has 7 heteroatoms. The fourth-order valence-electron chi connectivity index (χ4n) is 3.94. The van der Waals surface area contributed by atoms with E-state index in [9.17, 15) is 4.79 Å². The first kappa shape index (κ1) is 18.3. The van der Waals surface area contributed by atoms with Crippen LogP contribution in [0.4, 0.5) is 0 Å². The van der Waals surface area contributed by atoms with Gasteiger partial charge in [0.25, 0.3) is 5.91 Å². The summed E-state index contributed by atoms with van der Waals surface area (Å²) >= 11 is 0. The highest BCUT2D eigenvalue weighted by atomic mass is 16.5. The maximum atomic E-state index is 13.4. The Morgan fingerprint density at radius 2 is 1.93 bits per heavy atom. The Morgan fingerprint density at radius 3 is 2.68 bits per heavy atom. The van der Waals surface area contributed by atoms with Crippen LogP contribution in [-0.2, 0) is 0 Å². The highest BCUT2D eigenvalue weighted by molar-refractivity contribution is 5.95. The molecule has 1 fully saturated rings. The Morgan fingerprint density at radius 1 is 1.14 bits per heavy atom. The number of fused-ring (bicyclic) bond motifs is 1. The van der Waals surface area contributed by atoms with E-state index in [1.54, 1.807) is 24.9 Å². The summed E-state index contributed by atoms with van der Waals surface area (Å²) in [5.74, 6) is 1.34. The van der Waals surface area contributed by atoms with E-state index in [4.69, 9.17) is 9.47 Å². The maximum absolute atomic E-state index is 13.4. The predicted molar refractivity (Wildman–Crippen MR) is 105 cm³/mol. The lowest BCUT2D eigenvalue weighted by atomic mass is 10.0. The maximum Gasteiger partial charge on any atom is 0.257 e. The molecule has 0 saturated carbocycles. The second-order valence-electron chi connectivity index (χ2n) is 7.08. The second kappa shape index (κ2) is 7.14. The van der Waals surface area contributed by atoms with Gasteiger partial charge in [-0.25, -0.2) is 9.50 Å². The van der Waals surface area contributed by atoms with Gasteiger partial charge in [0.05, 0.1) is 37.2 Å². The molecule has 0 spiro atoms. The molecule has 0 radical (unpaired) electrons. The lowest BCUT2D eigenvalue weighted by Gasteiger charge is -2.26. The zero-order valence-corrected chi connectivity index (χ0v) is 16.6. The minimum absolute atomic E-state index is 0.00163. The molecule has 1 aliphatic rings. The fraction of sp³-hybridized carbons (Fsp3) is 0.381. The van der Waals surface area contributed by atoms with Crippen LogP contribution in [-0.4, -0.2) is 46.2 Å². The monoisotopic (exact) mass is 380 g/mol. The van der Waals surface area contributed by atoms with Gasteiger partial charge in [0.15, 0.2) is 17.1 Å². The predicted octanol–water partition coefficient (Wildman–Crippen LogP) is 3.34. The third-order valence-corrected chi connectivity index (χ3v) is 5.38. The summed E-state index contributed by atoms with van der Waals surface area (Å²) in [6.07, 6.45) is 3.54. The Labute approximate surface area is 163 Å². The van der Waals surface area contributed by atoms with E-state index < -0.39 is 0 Å². The van der Waals surface area contributed by atoms with Crippen molar-refractivity contribution in [2.75, 3.05) is 20.8 Å². The van der Waals surface area contributed by atoms with Crippen molar-refractivity contribution in [3.63, 3.8) is 0 Å². The van der Waals surface area contributed by atoms with Crippen LogP contribution >= 0.6 is 0 Å². The number of ether oxygens (including phenoxy) is 2. The molecule has 7 nitrogen and oxygen atoms in total. The lowest BCUT2D eigenvalue weighted by molar-refractivity contribution is 0.0733. The number of carbonyl (C=O) groups is 1. The molecule has 1 amide bonds. The van der Waals surface area contributed by atoms with Crippen molar-refractivity contribution >= 4 is 11.6 Å². The van der Waals surface area contributed by atoms with Crippen LogP contribution in [0.1, 0.15) is 46.2 Å². The third kappa shape index (κ3) is 2.96. The molecule has 3 heterocycles. The standard InChI is InChI=1S/C21H24N4O3/c1-13-10-20-22-12-16(14(2)25(20)23-13)21(26)24-9-5-6-17(24)15-7-8-18(27-3)19(11-15)28-4/h7-8,10-12,17H,5-6,9H2,1-4H3. The van der Waals surface area contributed by atoms with E-state index in [0.717, 1.165) is 35.4 Å². The van der Waals surface area contributed by atoms with Gasteiger partial charge in [0.2, 0.25) is 0 Å². The Hall–Kier alpha value is -3.09. The molecule has 0 aliphatic carbocycles. The summed E-state index contributed by atoms with van der Waals surface area (Å²) in [7, 11) is 3.24. The van der Waals surface area contributed by atoms with E-state index >= 15 is 0 Å². The van der Waals surface area contributed by atoms with Crippen molar-refractivity contribution in [2.45, 2.75) is 32.7 Å². The summed E-state index contributed by atoms with van der Waals surface area (Å²) in [5.41, 5.74) is 4.07. The molecule has 1 unspecified atom stereocenters. The van der Waals surface area contributed by atoms with Crippen molar-refractivity contribution in [2.24, 2.45) is 0 Å². The second-order valence-corrected chi connectivity index (χ2v) is 7.08. The van der Waals surface area contributed by atoms with Crippen LogP contribution in [0.3, 0.4) is 0 Å². The first-order valence-corrected chi connectivity index (χ1v) is 9.38. The zero-order valence-electron chi connectivity index (χ0n) is 16.6. The molecule has 1 aromatic carbocycles. The number of methoxy groups -OCH3 is 2. The quantitative estimate of drug-likeness (QED) is 0.694. The number of aromatic nitrogens is 3. The van der Waals surface area contributed by atoms with Gasteiger partial charge in [-0.1, -0.05) is 6.07 Å². The van der Waals surface area contributed by atoms with Gasteiger partial charge in [-0.3, -0.25) is 4.79 Å². The first-order chi connectivity index (χ1) is 13.5. The van der Waals surface area contributed by atoms with E-state index in [1.165, 1.54) is 0 Å². The topological polar surface area (TPSA) is 69.0 Å². The van der Waals surface area contributed by atoms with E-state index in [1.807, 2.05) is 43.0 Å². The summed E-state index contributed by atoms with van der Waals surface area (Å²) < 4.78 is 12.5. The molecule has 2 aromatic heterocycles. The molecule has 4 rings (SSSR count). The van der Waals surface area contributed by atoms with Gasteiger partial charge in [0.1, 0.15) is 0 Å². The zero-order chi connectivity index (χ0) is 19.8. The Kier molecular flexibility index (Phi) is 4.66. The van der Waals surface area contributed by atoms with Crippen LogP contribution in [0.5, 0.6) is 11.5 Å². The van der Waals surface area contributed by atoms with Gasteiger partial charge >= 0.3 is 0 Å². The molecule has 1 atom stereocenters. The molecular formula is C21H24N4O3. The molecule has 146 valence electrons. The molecule has 0 bridgehead atoms. The van der Waals surface area contributed by atoms with Crippen LogP contribution in [0, 0.1) is 13.8 Å². The van der Waals surface area contributed by atoms with Gasteiger partial charge in [0, 0.05) is 18.8 Å². The fourth-order valence-corrected chi connectivity index (χ4v) is 3.94. The number of amides is 1. The highest BCUT2D eigenvalue weighted by Crippen LogP contribution is 2.37. The van der Waals surface area contributed by atoms with Crippen molar-refractivity contribution in [3.8, 4) is 11.5 Å². The average molecular weight is 380 g/mol. The summed E-state index contributed by atoms with van der Waals surface area (Å²) in [6.45, 7) is 4.55. The SMILES string of the molecule is COc1ccc(C2CCCN2C(=O)c2cnc3cc(C)nn3c2C)cc1OC. The number of benzene rings is 1. The number of carbonyl (C=O) groups excluding carboxylic acids is 1. The molecule has 0 N–H and O–H groups in total. The summed E-state index contributed by atoms with van der Waals surface area (Å²) in [5, 5.41) is 4.45. The normalized spacial score (nSPS) is 16.6. The van der Waals surface area contributed by atoms with Gasteiger partial charge in [-0.2, -0.15) is 5.10 Å². The third-order valence-electron chi connectivity index (χ3n) is 5.38. The largest absolute Gasteiger partial charge is 0.493 e. The lowest BCUT2D eigenvalue weighted by Crippen LogP contribution is -2.31. The Balaban J connectivity index is 1.68. The number of nitrogens with zero attached hydrogens (tertiary/aromatic N) is 4. The van der Waals surface area contributed by atoms with Crippen LogP contribution in [0.15, 0.2) is 30.5 Å². The number of hydrogen-bond acceptors (Lipinski definition) is 5. The Bertz CT molecular complexity index is 1040. The van der Waals surface area contributed by atoms with E-state index in [0.29, 0.717) is 23.6 Å². The van der Waals surface area contributed by atoms with Gasteiger partial charge < -0.3 is 14.4 Å². The summed E-state index contributed by atoms with van der Waals surface area (Å²) in [4.78, 5) is 19.7. The van der Waals surface area contributed by atoms with Crippen molar-refractivity contribution in [1.82, 2.24) is 19.5 Å². The molecule has 1 aliphatic heterocycles. The number of aryl methyl sites for hydroxylation is 2. The van der Waals surface area contributed by atoms with Crippen molar-refractivity contribution in [3.05, 3.63) is 53.0 Å². The average Bonchev–Trinajstić information content (AvgIpc) is 3.34. The molecular weight excluding hydrogens is 356 g/mol. The van der Waals surface area contributed by atoms with Gasteiger partial charge in [-0.05, 0) is 44.4 Å². The number of rotatable bonds is 4. The van der Waals surface area contributed by atoms with Crippen molar-refractivity contribution < 1.29 is 14.3 Å². The number of likely N-dealkylation sites (tertiary alicyclic amines) is 1. The minimum Gasteiger partial charge on any atom is -0.493 e. The van der Waals surface area contributed by atoms with Crippen molar-refractivity contribution in [1.29, 1.82) is 0 Å². The molecule has 3 aromatic rings. The first-order valence-electron chi connectivity index (χ1n) is 9.38. The highest BCUT2D eigenvalue weighted by Gasteiger charge is 2.32. The smallest absolute Gasteiger partial charge is 0.257 e. The van der Waals surface area contributed by atoms with Crippen LogP contribution < -0.4 is 9.47 Å². The minimum atomic E-state index is -0.0164. The van der Waals surface area contributed by atoms with Gasteiger partial charge in [-0.15, -0.1) is 0 Å². The van der Waals surface area contributed by atoms with E-state index in [2.05, 4.69) is 10.1 Å². The number of hydrogen-bond donors (Lipinski definition) is 0.